The van der Waals surface area contributed by atoms with Crippen LogP contribution in [0.3, 0.4) is 0 Å². The SMILES string of the molecule is CC(F)(F)CNC1CCSCC1. The van der Waals surface area contributed by atoms with E-state index in [0.717, 1.165) is 31.3 Å². The summed E-state index contributed by atoms with van der Waals surface area (Å²) in [6.45, 7) is 0.778. The van der Waals surface area contributed by atoms with Crippen LogP contribution in [0.15, 0.2) is 0 Å². The summed E-state index contributed by atoms with van der Waals surface area (Å²) >= 11 is 1.90. The third-order valence-corrected chi connectivity index (χ3v) is 2.97. The molecule has 0 unspecified atom stereocenters. The van der Waals surface area contributed by atoms with Gasteiger partial charge in [-0.15, -0.1) is 0 Å². The second-order valence-corrected chi connectivity index (χ2v) is 4.56. The van der Waals surface area contributed by atoms with Crippen LogP contribution >= 0.6 is 11.8 Å². The molecule has 1 nitrogen and oxygen atoms in total. The van der Waals surface area contributed by atoms with E-state index in [2.05, 4.69) is 5.32 Å². The van der Waals surface area contributed by atoms with E-state index in [1.54, 1.807) is 0 Å². The molecule has 1 aliphatic rings. The molecule has 0 radical (unpaired) electrons. The number of rotatable bonds is 3. The average molecular weight is 195 g/mol. The van der Waals surface area contributed by atoms with Crippen molar-refractivity contribution < 1.29 is 8.78 Å². The highest BCUT2D eigenvalue weighted by Crippen LogP contribution is 2.18. The predicted molar refractivity (Wildman–Crippen MR) is 49.0 cm³/mol. The predicted octanol–water partition coefficient (Wildman–Crippen LogP) is 2.13. The molecule has 1 saturated heterocycles. The Morgan fingerprint density at radius 1 is 1.42 bits per heavy atom. The minimum Gasteiger partial charge on any atom is -0.308 e. The van der Waals surface area contributed by atoms with Crippen LogP contribution in [0.5, 0.6) is 0 Å². The summed E-state index contributed by atoms with van der Waals surface area (Å²) in [6.07, 6.45) is 2.06. The molecule has 0 atom stereocenters. The van der Waals surface area contributed by atoms with Gasteiger partial charge in [0, 0.05) is 13.0 Å². The van der Waals surface area contributed by atoms with Gasteiger partial charge >= 0.3 is 0 Å². The molecular formula is C8H15F2NS. The van der Waals surface area contributed by atoms with Crippen LogP contribution < -0.4 is 5.32 Å². The lowest BCUT2D eigenvalue weighted by Gasteiger charge is -2.24. The monoisotopic (exact) mass is 195 g/mol. The van der Waals surface area contributed by atoms with Gasteiger partial charge in [0.15, 0.2) is 0 Å². The normalized spacial score (nSPS) is 21.2. The first-order chi connectivity index (χ1) is 5.58. The number of alkyl halides is 2. The quantitative estimate of drug-likeness (QED) is 0.740. The van der Waals surface area contributed by atoms with Gasteiger partial charge in [-0.25, -0.2) is 8.78 Å². The number of halogens is 2. The van der Waals surface area contributed by atoms with Crippen LogP contribution in [0.2, 0.25) is 0 Å². The minimum atomic E-state index is -2.56. The van der Waals surface area contributed by atoms with Crippen molar-refractivity contribution >= 4 is 11.8 Å². The maximum atomic E-state index is 12.4. The van der Waals surface area contributed by atoms with Crippen molar-refractivity contribution in [2.24, 2.45) is 0 Å². The van der Waals surface area contributed by atoms with Crippen LogP contribution in [-0.4, -0.2) is 30.0 Å². The van der Waals surface area contributed by atoms with E-state index in [1.807, 2.05) is 11.8 Å². The van der Waals surface area contributed by atoms with E-state index < -0.39 is 5.92 Å². The van der Waals surface area contributed by atoms with E-state index >= 15 is 0 Å². The van der Waals surface area contributed by atoms with E-state index in [-0.39, 0.29) is 6.54 Å². The Hall–Kier alpha value is 0.170. The fourth-order valence-electron chi connectivity index (χ4n) is 1.23. The zero-order valence-corrected chi connectivity index (χ0v) is 8.09. The minimum absolute atomic E-state index is 0.178. The number of hydrogen-bond acceptors (Lipinski definition) is 2. The Morgan fingerprint density at radius 3 is 2.50 bits per heavy atom. The van der Waals surface area contributed by atoms with E-state index in [9.17, 15) is 8.78 Å². The Labute approximate surface area is 76.3 Å². The zero-order chi connectivity index (χ0) is 9.03. The molecule has 1 rings (SSSR count). The lowest BCUT2D eigenvalue weighted by atomic mass is 10.1. The third kappa shape index (κ3) is 4.26. The summed E-state index contributed by atoms with van der Waals surface area (Å²) in [7, 11) is 0. The summed E-state index contributed by atoms with van der Waals surface area (Å²) in [5.74, 6) is -0.357. The molecule has 0 bridgehead atoms. The van der Waals surface area contributed by atoms with Crippen LogP contribution in [0.1, 0.15) is 19.8 Å². The van der Waals surface area contributed by atoms with Crippen LogP contribution in [0.25, 0.3) is 0 Å². The van der Waals surface area contributed by atoms with E-state index in [1.165, 1.54) is 0 Å². The second kappa shape index (κ2) is 4.42. The molecule has 0 aromatic rings. The zero-order valence-electron chi connectivity index (χ0n) is 7.28. The third-order valence-electron chi connectivity index (χ3n) is 1.92. The maximum Gasteiger partial charge on any atom is 0.257 e. The van der Waals surface area contributed by atoms with Crippen molar-refractivity contribution in [1.29, 1.82) is 0 Å². The first kappa shape index (κ1) is 10.3. The van der Waals surface area contributed by atoms with Crippen LogP contribution in [0.4, 0.5) is 8.78 Å². The molecule has 12 heavy (non-hydrogen) atoms. The van der Waals surface area contributed by atoms with Crippen molar-refractivity contribution in [2.45, 2.75) is 31.7 Å². The molecule has 4 heteroatoms. The van der Waals surface area contributed by atoms with Crippen molar-refractivity contribution in [3.05, 3.63) is 0 Å². The summed E-state index contributed by atoms with van der Waals surface area (Å²) in [5, 5.41) is 2.90. The maximum absolute atomic E-state index is 12.4. The summed E-state index contributed by atoms with van der Waals surface area (Å²) < 4.78 is 24.8. The van der Waals surface area contributed by atoms with Crippen molar-refractivity contribution in [3.8, 4) is 0 Å². The Bertz CT molecular complexity index is 130. The first-order valence-electron chi connectivity index (χ1n) is 4.27. The number of nitrogens with one attached hydrogen (secondary N) is 1. The lowest BCUT2D eigenvalue weighted by Crippen LogP contribution is -2.39. The van der Waals surface area contributed by atoms with Crippen LogP contribution in [0, 0.1) is 0 Å². The second-order valence-electron chi connectivity index (χ2n) is 3.34. The molecular weight excluding hydrogens is 180 g/mol. The van der Waals surface area contributed by atoms with Gasteiger partial charge < -0.3 is 5.32 Å². The van der Waals surface area contributed by atoms with Gasteiger partial charge in [-0.05, 0) is 24.3 Å². The molecule has 72 valence electrons. The van der Waals surface area contributed by atoms with Gasteiger partial charge in [-0.1, -0.05) is 0 Å². The number of hydrogen-bond donors (Lipinski definition) is 1. The van der Waals surface area contributed by atoms with Crippen molar-refractivity contribution in [3.63, 3.8) is 0 Å². The molecule has 1 aliphatic heterocycles. The summed E-state index contributed by atoms with van der Waals surface area (Å²) in [4.78, 5) is 0. The molecule has 0 aliphatic carbocycles. The first-order valence-corrected chi connectivity index (χ1v) is 5.42. The highest BCUT2D eigenvalue weighted by molar-refractivity contribution is 7.99. The van der Waals surface area contributed by atoms with E-state index in [0.29, 0.717) is 6.04 Å². The Morgan fingerprint density at radius 2 is 2.00 bits per heavy atom. The summed E-state index contributed by atoms with van der Waals surface area (Å²) in [6, 6.07) is 0.317. The molecule has 1 fully saturated rings. The van der Waals surface area contributed by atoms with Crippen molar-refractivity contribution in [1.82, 2.24) is 5.32 Å². The Balaban J connectivity index is 2.13. The highest BCUT2D eigenvalue weighted by atomic mass is 32.2. The lowest BCUT2D eigenvalue weighted by molar-refractivity contribution is 0.0196. The fourth-order valence-corrected chi connectivity index (χ4v) is 2.33. The molecule has 0 aromatic carbocycles. The molecule has 0 spiro atoms. The van der Waals surface area contributed by atoms with Gasteiger partial charge in [0.25, 0.3) is 5.92 Å². The van der Waals surface area contributed by atoms with Gasteiger partial charge in [0.1, 0.15) is 0 Å². The summed E-state index contributed by atoms with van der Waals surface area (Å²) in [5.41, 5.74) is 0. The van der Waals surface area contributed by atoms with Crippen molar-refractivity contribution in [2.75, 3.05) is 18.1 Å². The van der Waals surface area contributed by atoms with Crippen LogP contribution in [-0.2, 0) is 0 Å². The van der Waals surface area contributed by atoms with Gasteiger partial charge in [0.2, 0.25) is 0 Å². The topological polar surface area (TPSA) is 12.0 Å². The molecule has 1 N–H and O–H groups in total. The molecule has 0 saturated carbocycles. The highest BCUT2D eigenvalue weighted by Gasteiger charge is 2.23. The fraction of sp³-hybridized carbons (Fsp3) is 1.00. The Kier molecular flexibility index (Phi) is 3.77. The largest absolute Gasteiger partial charge is 0.308 e. The molecule has 0 aromatic heterocycles. The van der Waals surface area contributed by atoms with Gasteiger partial charge in [0.05, 0.1) is 6.54 Å². The van der Waals surface area contributed by atoms with Gasteiger partial charge in [-0.3, -0.25) is 0 Å². The smallest absolute Gasteiger partial charge is 0.257 e. The van der Waals surface area contributed by atoms with Gasteiger partial charge in [-0.2, -0.15) is 11.8 Å². The number of thioether (sulfide) groups is 1. The standard InChI is InChI=1S/C8H15F2NS/c1-8(9,10)6-11-7-2-4-12-5-3-7/h7,11H,2-6H2,1H3. The molecule has 0 amide bonds. The molecule has 1 heterocycles. The van der Waals surface area contributed by atoms with E-state index in [4.69, 9.17) is 0 Å². The average Bonchev–Trinajstić information content (AvgIpc) is 2.02.